The van der Waals surface area contributed by atoms with Gasteiger partial charge in [0, 0.05) is 13.8 Å². The van der Waals surface area contributed by atoms with Gasteiger partial charge in [-0.2, -0.15) is 0 Å². The fourth-order valence-electron chi connectivity index (χ4n) is 0.663. The Labute approximate surface area is 134 Å². The Hall–Kier alpha value is -1.06. The van der Waals surface area contributed by atoms with E-state index in [9.17, 15) is 17.6 Å². The molecule has 1 rings (SSSR count). The highest BCUT2D eigenvalue weighted by Crippen LogP contribution is 2.32. The summed E-state index contributed by atoms with van der Waals surface area (Å²) in [7, 11) is 0. The number of hydrogen-bond acceptors (Lipinski definition) is 0. The molecule has 0 N–H and O–H groups in total. The molecule has 22 heavy (non-hydrogen) atoms. The second kappa shape index (κ2) is 13.6. The maximum Gasteiger partial charge on any atom is 0.307 e. The number of aryl methyl sites for hydroxylation is 2. The van der Waals surface area contributed by atoms with E-state index in [1.165, 1.54) is 24.0 Å². The zero-order valence-corrected chi connectivity index (χ0v) is 13.2. The Kier molecular flexibility index (Phi) is 17.9. The van der Waals surface area contributed by atoms with Crippen LogP contribution in [0.2, 0.25) is 0 Å². The number of halogens is 4. The van der Waals surface area contributed by atoms with E-state index in [-0.39, 0.29) is 28.7 Å². The van der Waals surface area contributed by atoms with Gasteiger partial charge in [0.1, 0.15) is 0 Å². The molecule has 1 aromatic carbocycles. The highest BCUT2D eigenvalue weighted by Gasteiger charge is 2.47. The average Bonchev–Trinajstić information content (AvgIpc) is 2.31. The SMILES string of the molecule is C.C.CC(F)(F)C(C)(F)F.CCCC.Cc1ccccc1C. The van der Waals surface area contributed by atoms with Crippen molar-refractivity contribution in [1.82, 2.24) is 0 Å². The van der Waals surface area contributed by atoms with Crippen LogP contribution in [0.15, 0.2) is 24.3 Å². The van der Waals surface area contributed by atoms with Crippen LogP contribution in [0, 0.1) is 13.8 Å². The van der Waals surface area contributed by atoms with Crippen molar-refractivity contribution < 1.29 is 17.6 Å². The number of hydrogen-bond donors (Lipinski definition) is 0. The summed E-state index contributed by atoms with van der Waals surface area (Å²) in [5.41, 5.74) is 2.74. The van der Waals surface area contributed by atoms with Crippen LogP contribution in [0.1, 0.15) is 66.5 Å². The Morgan fingerprint density at radius 1 is 0.727 bits per heavy atom. The maximum atomic E-state index is 11.5. The van der Waals surface area contributed by atoms with Crippen LogP contribution in [-0.4, -0.2) is 11.8 Å². The molecule has 4 heteroatoms. The summed E-state index contributed by atoms with van der Waals surface area (Å²) >= 11 is 0. The van der Waals surface area contributed by atoms with Crippen molar-refractivity contribution in [2.75, 3.05) is 0 Å². The first-order valence-corrected chi connectivity index (χ1v) is 6.75. The Morgan fingerprint density at radius 2 is 0.955 bits per heavy atom. The van der Waals surface area contributed by atoms with Gasteiger partial charge in [-0.15, -0.1) is 0 Å². The van der Waals surface area contributed by atoms with Crippen molar-refractivity contribution in [3.63, 3.8) is 0 Å². The van der Waals surface area contributed by atoms with Gasteiger partial charge in [-0.05, 0) is 25.0 Å². The van der Waals surface area contributed by atoms with Crippen LogP contribution in [0.25, 0.3) is 0 Å². The first kappa shape index (κ1) is 29.0. The summed E-state index contributed by atoms with van der Waals surface area (Å²) < 4.78 is 45.9. The standard InChI is InChI=1S/C8H10.C4H6F4.C4H10.2CH4/c1-7-5-3-4-6-8(7)2;1-3(5,6)4(2,7)8;1-3-4-2;;/h3-6H,1-2H3;1-2H3;3-4H2,1-2H3;2*1H4. The number of rotatable bonds is 2. The molecule has 0 unspecified atom stereocenters. The lowest BCUT2D eigenvalue weighted by molar-refractivity contribution is -0.185. The van der Waals surface area contributed by atoms with Gasteiger partial charge in [0.15, 0.2) is 0 Å². The summed E-state index contributed by atoms with van der Waals surface area (Å²) in [5.74, 6) is -7.79. The van der Waals surface area contributed by atoms with E-state index in [1.807, 2.05) is 0 Å². The van der Waals surface area contributed by atoms with Crippen molar-refractivity contribution in [1.29, 1.82) is 0 Å². The molecule has 0 fully saturated rings. The van der Waals surface area contributed by atoms with E-state index in [0.717, 1.165) is 0 Å². The minimum atomic E-state index is -3.90. The zero-order chi connectivity index (χ0) is 16.4. The molecule has 0 bridgehead atoms. The smallest absolute Gasteiger partial charge is 0.200 e. The number of alkyl halides is 4. The average molecular weight is 326 g/mol. The fourth-order valence-corrected chi connectivity index (χ4v) is 0.663. The van der Waals surface area contributed by atoms with Crippen molar-refractivity contribution in [2.45, 2.75) is 81.1 Å². The van der Waals surface area contributed by atoms with E-state index in [4.69, 9.17) is 0 Å². The minimum Gasteiger partial charge on any atom is -0.200 e. The van der Waals surface area contributed by atoms with Gasteiger partial charge < -0.3 is 0 Å². The number of unbranched alkanes of at least 4 members (excludes halogenated alkanes) is 1. The van der Waals surface area contributed by atoms with Gasteiger partial charge in [0.05, 0.1) is 0 Å². The van der Waals surface area contributed by atoms with E-state index in [1.54, 1.807) is 0 Å². The van der Waals surface area contributed by atoms with E-state index in [0.29, 0.717) is 0 Å². The lowest BCUT2D eigenvalue weighted by Gasteiger charge is -2.17. The highest BCUT2D eigenvalue weighted by atomic mass is 19.3. The van der Waals surface area contributed by atoms with E-state index >= 15 is 0 Å². The quantitative estimate of drug-likeness (QED) is 0.489. The predicted molar refractivity (Wildman–Crippen MR) is 91.2 cm³/mol. The summed E-state index contributed by atoms with van der Waals surface area (Å²) in [5, 5.41) is 0. The molecule has 0 saturated heterocycles. The first-order chi connectivity index (χ1) is 8.97. The molecule has 0 amide bonds. The summed E-state index contributed by atoms with van der Waals surface area (Å²) in [6.45, 7) is 8.98. The van der Waals surface area contributed by atoms with E-state index in [2.05, 4.69) is 52.0 Å². The van der Waals surface area contributed by atoms with Crippen LogP contribution in [0.3, 0.4) is 0 Å². The Morgan fingerprint density at radius 3 is 1.05 bits per heavy atom. The second-order valence-corrected chi connectivity index (χ2v) is 4.86. The predicted octanol–water partition coefficient (Wildman–Crippen LogP) is 7.68. The van der Waals surface area contributed by atoms with Gasteiger partial charge in [-0.3, -0.25) is 0 Å². The van der Waals surface area contributed by atoms with Gasteiger partial charge in [-0.1, -0.05) is 65.8 Å². The molecule has 0 atom stereocenters. The molecule has 0 nitrogen and oxygen atoms in total. The van der Waals surface area contributed by atoms with Crippen LogP contribution < -0.4 is 0 Å². The summed E-state index contributed by atoms with van der Waals surface area (Å²) in [6, 6.07) is 8.36. The first-order valence-electron chi connectivity index (χ1n) is 6.75. The fraction of sp³-hybridized carbons (Fsp3) is 0.667. The molecule has 0 aliphatic rings. The molecular weight excluding hydrogens is 292 g/mol. The zero-order valence-electron chi connectivity index (χ0n) is 13.2. The van der Waals surface area contributed by atoms with Gasteiger partial charge in [-0.25, -0.2) is 17.6 Å². The van der Waals surface area contributed by atoms with Crippen LogP contribution in [0.4, 0.5) is 17.6 Å². The van der Waals surface area contributed by atoms with Gasteiger partial charge in [0.2, 0.25) is 0 Å². The molecule has 1 aromatic rings. The molecule has 0 aliphatic carbocycles. The third-order valence-electron chi connectivity index (χ3n) is 2.70. The Balaban J connectivity index is -0.000000111. The monoisotopic (exact) mass is 326 g/mol. The van der Waals surface area contributed by atoms with Crippen molar-refractivity contribution in [3.05, 3.63) is 35.4 Å². The van der Waals surface area contributed by atoms with E-state index < -0.39 is 11.8 Å². The molecule has 0 saturated carbocycles. The van der Waals surface area contributed by atoms with Crippen molar-refractivity contribution in [3.8, 4) is 0 Å². The normalized spacial score (nSPS) is 9.91. The largest absolute Gasteiger partial charge is 0.307 e. The molecule has 0 aliphatic heterocycles. The Bertz CT molecular complexity index is 314. The highest BCUT2D eigenvalue weighted by molar-refractivity contribution is 5.23. The molecule has 0 aromatic heterocycles. The molecule has 0 heterocycles. The van der Waals surface area contributed by atoms with Crippen LogP contribution in [-0.2, 0) is 0 Å². The lowest BCUT2D eigenvalue weighted by Crippen LogP contribution is -2.33. The summed E-state index contributed by atoms with van der Waals surface area (Å²) in [6.07, 6.45) is 2.64. The molecule has 134 valence electrons. The van der Waals surface area contributed by atoms with Crippen LogP contribution in [0.5, 0.6) is 0 Å². The molecule has 0 spiro atoms. The minimum absolute atomic E-state index is 0. The topological polar surface area (TPSA) is 0 Å². The van der Waals surface area contributed by atoms with Crippen LogP contribution >= 0.6 is 0 Å². The second-order valence-electron chi connectivity index (χ2n) is 4.86. The van der Waals surface area contributed by atoms with Gasteiger partial charge in [0.25, 0.3) is 0 Å². The third-order valence-corrected chi connectivity index (χ3v) is 2.70. The van der Waals surface area contributed by atoms with Crippen molar-refractivity contribution in [2.24, 2.45) is 0 Å². The third kappa shape index (κ3) is 15.3. The maximum absolute atomic E-state index is 11.5. The lowest BCUT2D eigenvalue weighted by atomic mass is 10.1. The van der Waals surface area contributed by atoms with Crippen molar-refractivity contribution >= 4 is 0 Å². The molecule has 0 radical (unpaired) electrons. The molecular formula is C18H34F4. The number of benzene rings is 1. The summed E-state index contributed by atoms with van der Waals surface area (Å²) in [4.78, 5) is 0. The van der Waals surface area contributed by atoms with Gasteiger partial charge >= 0.3 is 11.8 Å².